The second-order valence-electron chi connectivity index (χ2n) is 4.11. The van der Waals surface area contributed by atoms with Crippen LogP contribution in [0.25, 0.3) is 11.4 Å². The van der Waals surface area contributed by atoms with Crippen LogP contribution in [0.3, 0.4) is 0 Å². The molecule has 6 heteroatoms. The number of aryl methyl sites for hydroxylation is 1. The van der Waals surface area contributed by atoms with E-state index in [2.05, 4.69) is 60.7 Å². The molecular weight excluding hydrogens is 433 g/mol. The fourth-order valence-electron chi connectivity index (χ4n) is 1.83. The summed E-state index contributed by atoms with van der Waals surface area (Å²) in [4.78, 5) is 9.22. The Morgan fingerprint density at radius 3 is 2.65 bits per heavy atom. The molecule has 1 aromatic carbocycles. The molecule has 0 fully saturated rings. The van der Waals surface area contributed by atoms with Crippen LogP contribution in [0.2, 0.25) is 0 Å². The molecule has 106 valence electrons. The van der Waals surface area contributed by atoms with Gasteiger partial charge in [0, 0.05) is 12.6 Å². The molecule has 0 radical (unpaired) electrons. The molecule has 4 nitrogen and oxygen atoms in total. The minimum Gasteiger partial charge on any atom is -0.496 e. The lowest BCUT2D eigenvalue weighted by molar-refractivity contribution is 0.412. The Balaban J connectivity index is 2.54. The lowest BCUT2D eigenvalue weighted by Gasteiger charge is -2.11. The van der Waals surface area contributed by atoms with Gasteiger partial charge in [-0.2, -0.15) is 0 Å². The Labute approximate surface area is 140 Å². The maximum absolute atomic E-state index is 5.24. The number of hydrogen-bond acceptors (Lipinski definition) is 4. The van der Waals surface area contributed by atoms with Crippen LogP contribution in [0, 0.1) is 3.57 Å². The first-order chi connectivity index (χ1) is 9.60. The summed E-state index contributed by atoms with van der Waals surface area (Å²) < 4.78 is 7.21. The van der Waals surface area contributed by atoms with Crippen LogP contribution in [-0.4, -0.2) is 24.1 Å². The number of hydrogen-bond donors (Lipinski definition) is 1. The largest absolute Gasteiger partial charge is 0.496 e. The second-order valence-corrected chi connectivity index (χ2v) is 6.04. The summed E-state index contributed by atoms with van der Waals surface area (Å²) in [5, 5.41) is 3.12. The average Bonchev–Trinajstić information content (AvgIpc) is 2.47. The molecular formula is C14H15BrIN3O. The third-order valence-corrected chi connectivity index (χ3v) is 4.65. The Bertz CT molecular complexity index is 609. The van der Waals surface area contributed by atoms with Crippen LogP contribution in [-0.2, 0) is 6.42 Å². The van der Waals surface area contributed by atoms with Gasteiger partial charge < -0.3 is 10.1 Å². The maximum atomic E-state index is 5.24. The van der Waals surface area contributed by atoms with E-state index in [0.717, 1.165) is 43.1 Å². The van der Waals surface area contributed by atoms with Gasteiger partial charge in [0.2, 0.25) is 0 Å². The van der Waals surface area contributed by atoms with Crippen LogP contribution in [0.4, 0.5) is 5.82 Å². The molecule has 0 spiro atoms. The molecule has 0 atom stereocenters. The number of anilines is 1. The normalized spacial score (nSPS) is 10.4. The van der Waals surface area contributed by atoms with Gasteiger partial charge >= 0.3 is 0 Å². The van der Waals surface area contributed by atoms with Crippen molar-refractivity contribution < 1.29 is 4.74 Å². The number of aromatic nitrogens is 2. The van der Waals surface area contributed by atoms with E-state index in [0.29, 0.717) is 0 Å². The lowest BCUT2D eigenvalue weighted by atomic mass is 10.2. The van der Waals surface area contributed by atoms with Crippen LogP contribution >= 0.6 is 38.5 Å². The molecule has 0 aliphatic carbocycles. The first-order valence-electron chi connectivity index (χ1n) is 6.18. The molecule has 2 rings (SSSR count). The van der Waals surface area contributed by atoms with Gasteiger partial charge in [-0.15, -0.1) is 0 Å². The van der Waals surface area contributed by atoms with Gasteiger partial charge in [-0.3, -0.25) is 0 Å². The third kappa shape index (κ3) is 3.06. The summed E-state index contributed by atoms with van der Waals surface area (Å²) in [6.45, 7) is 2.09. The van der Waals surface area contributed by atoms with E-state index in [1.54, 1.807) is 7.11 Å². The molecule has 0 bridgehead atoms. The zero-order valence-electron chi connectivity index (χ0n) is 11.5. The molecule has 0 aliphatic heterocycles. The topological polar surface area (TPSA) is 47.0 Å². The molecule has 0 saturated heterocycles. The first-order valence-corrected chi connectivity index (χ1v) is 8.06. The van der Waals surface area contributed by atoms with Gasteiger partial charge in [0.05, 0.1) is 20.8 Å². The molecule has 1 heterocycles. The van der Waals surface area contributed by atoms with Gasteiger partial charge in [-0.05, 0) is 63.1 Å². The Kier molecular flexibility index (Phi) is 5.20. The number of ether oxygens (including phenoxy) is 1. The highest BCUT2D eigenvalue weighted by molar-refractivity contribution is 14.1. The van der Waals surface area contributed by atoms with E-state index in [1.807, 2.05) is 25.2 Å². The van der Waals surface area contributed by atoms with E-state index < -0.39 is 0 Å². The predicted molar refractivity (Wildman–Crippen MR) is 93.4 cm³/mol. The number of methoxy groups -OCH3 is 1. The summed E-state index contributed by atoms with van der Waals surface area (Å²) in [6.07, 6.45) is 0.875. The van der Waals surface area contributed by atoms with Crippen molar-refractivity contribution in [2.75, 3.05) is 19.5 Å². The van der Waals surface area contributed by atoms with Crippen LogP contribution < -0.4 is 10.1 Å². The summed E-state index contributed by atoms with van der Waals surface area (Å²) >= 11 is 5.77. The zero-order valence-corrected chi connectivity index (χ0v) is 15.2. The number of benzene rings is 1. The summed E-state index contributed by atoms with van der Waals surface area (Å²) in [5.41, 5.74) is 2.01. The van der Waals surface area contributed by atoms with Crippen molar-refractivity contribution in [3.8, 4) is 17.1 Å². The van der Waals surface area contributed by atoms with Crippen molar-refractivity contribution in [2.24, 2.45) is 0 Å². The molecule has 0 aliphatic rings. The summed E-state index contributed by atoms with van der Waals surface area (Å²) in [5.74, 6) is 2.37. The standard InChI is InChI=1S/C14H15BrIN3O/c1-4-10-12(16)14(17-2)19-13(18-10)8-5-6-11(20-3)9(15)7-8/h5-7H,4H2,1-3H3,(H,17,18,19). The van der Waals surface area contributed by atoms with Crippen molar-refractivity contribution in [3.63, 3.8) is 0 Å². The Morgan fingerprint density at radius 1 is 1.35 bits per heavy atom. The van der Waals surface area contributed by atoms with Gasteiger partial charge in [-0.1, -0.05) is 6.92 Å². The van der Waals surface area contributed by atoms with Crippen LogP contribution in [0.1, 0.15) is 12.6 Å². The van der Waals surface area contributed by atoms with Crippen LogP contribution in [0.5, 0.6) is 5.75 Å². The second kappa shape index (κ2) is 6.71. The van der Waals surface area contributed by atoms with Gasteiger partial charge in [0.25, 0.3) is 0 Å². The SMILES string of the molecule is CCc1nc(-c2ccc(OC)c(Br)c2)nc(NC)c1I. The molecule has 0 unspecified atom stereocenters. The van der Waals surface area contributed by atoms with Crippen molar-refractivity contribution >= 4 is 44.3 Å². The fraction of sp³-hybridized carbons (Fsp3) is 0.286. The van der Waals surface area contributed by atoms with Gasteiger partial charge in [0.1, 0.15) is 11.6 Å². The van der Waals surface area contributed by atoms with Crippen molar-refractivity contribution in [1.82, 2.24) is 9.97 Å². The Hall–Kier alpha value is -0.890. The van der Waals surface area contributed by atoms with E-state index in [9.17, 15) is 0 Å². The number of nitrogens with one attached hydrogen (secondary N) is 1. The quantitative estimate of drug-likeness (QED) is 0.716. The molecule has 20 heavy (non-hydrogen) atoms. The maximum Gasteiger partial charge on any atom is 0.161 e. The molecule has 0 saturated carbocycles. The fourth-order valence-corrected chi connectivity index (χ4v) is 3.26. The highest BCUT2D eigenvalue weighted by Gasteiger charge is 2.12. The van der Waals surface area contributed by atoms with Gasteiger partial charge in [-0.25, -0.2) is 9.97 Å². The number of rotatable bonds is 4. The van der Waals surface area contributed by atoms with E-state index in [4.69, 9.17) is 4.74 Å². The summed E-state index contributed by atoms with van der Waals surface area (Å²) in [7, 11) is 3.52. The highest BCUT2D eigenvalue weighted by atomic mass is 127. The molecule has 1 aromatic heterocycles. The van der Waals surface area contributed by atoms with Crippen molar-refractivity contribution in [3.05, 3.63) is 31.9 Å². The number of nitrogens with zero attached hydrogens (tertiary/aromatic N) is 2. The van der Waals surface area contributed by atoms with Crippen LogP contribution in [0.15, 0.2) is 22.7 Å². The van der Waals surface area contributed by atoms with E-state index >= 15 is 0 Å². The summed E-state index contributed by atoms with van der Waals surface area (Å²) in [6, 6.07) is 5.84. The van der Waals surface area contributed by atoms with Gasteiger partial charge in [0.15, 0.2) is 5.82 Å². The number of halogens is 2. The molecule has 0 amide bonds. The zero-order chi connectivity index (χ0) is 14.7. The smallest absolute Gasteiger partial charge is 0.161 e. The first kappa shape index (κ1) is 15.5. The Morgan fingerprint density at radius 2 is 2.10 bits per heavy atom. The van der Waals surface area contributed by atoms with E-state index in [1.165, 1.54) is 0 Å². The minimum atomic E-state index is 0.718. The third-order valence-electron chi connectivity index (χ3n) is 2.90. The molecule has 1 N–H and O–H groups in total. The van der Waals surface area contributed by atoms with E-state index in [-0.39, 0.29) is 0 Å². The van der Waals surface area contributed by atoms with Crippen molar-refractivity contribution in [1.29, 1.82) is 0 Å². The molecule has 2 aromatic rings. The van der Waals surface area contributed by atoms with Crippen molar-refractivity contribution in [2.45, 2.75) is 13.3 Å². The predicted octanol–water partition coefficient (Wildman–Crippen LogP) is 4.12. The monoisotopic (exact) mass is 447 g/mol. The average molecular weight is 448 g/mol. The minimum absolute atomic E-state index is 0.718. The lowest BCUT2D eigenvalue weighted by Crippen LogP contribution is -2.04. The highest BCUT2D eigenvalue weighted by Crippen LogP contribution is 2.30.